The van der Waals surface area contributed by atoms with Crippen molar-refractivity contribution < 1.29 is 19.4 Å². The number of benzene rings is 1. The maximum absolute atomic E-state index is 11.1. The summed E-state index contributed by atoms with van der Waals surface area (Å²) in [6.07, 6.45) is 0.965. The van der Waals surface area contributed by atoms with E-state index >= 15 is 0 Å². The number of aliphatic carboxylic acids is 1. The molecule has 4 heteroatoms. The van der Waals surface area contributed by atoms with Gasteiger partial charge in [-0.3, -0.25) is 4.79 Å². The highest BCUT2D eigenvalue weighted by molar-refractivity contribution is 5.70. The van der Waals surface area contributed by atoms with Crippen molar-refractivity contribution >= 4 is 5.97 Å². The lowest BCUT2D eigenvalue weighted by Crippen LogP contribution is -2.18. The second kappa shape index (κ2) is 6.91. The molecule has 1 N–H and O–H groups in total. The Morgan fingerprint density at radius 3 is 2.65 bits per heavy atom. The summed E-state index contributed by atoms with van der Waals surface area (Å²) in [5, 5.41) is 9.13. The zero-order valence-electron chi connectivity index (χ0n) is 10.2. The molecule has 4 nitrogen and oxygen atoms in total. The molecule has 17 heavy (non-hydrogen) atoms. The maximum atomic E-state index is 11.1. The zero-order valence-corrected chi connectivity index (χ0v) is 10.2. The van der Waals surface area contributed by atoms with Crippen LogP contribution < -0.4 is 4.74 Å². The van der Waals surface area contributed by atoms with Crippen molar-refractivity contribution in [1.29, 1.82) is 0 Å². The van der Waals surface area contributed by atoms with Crippen molar-refractivity contribution in [1.82, 2.24) is 0 Å². The Hall–Kier alpha value is -1.55. The van der Waals surface area contributed by atoms with Gasteiger partial charge in [-0.1, -0.05) is 18.2 Å². The zero-order chi connectivity index (χ0) is 12.7. The van der Waals surface area contributed by atoms with E-state index in [1.165, 1.54) is 0 Å². The van der Waals surface area contributed by atoms with E-state index < -0.39 is 11.9 Å². The molecule has 94 valence electrons. The van der Waals surface area contributed by atoms with Gasteiger partial charge in [0.15, 0.2) is 0 Å². The van der Waals surface area contributed by atoms with Crippen LogP contribution in [0.15, 0.2) is 24.3 Å². The molecule has 0 aliphatic carbocycles. The van der Waals surface area contributed by atoms with E-state index in [1.807, 2.05) is 24.3 Å². The lowest BCUT2D eigenvalue weighted by Gasteiger charge is -2.14. The minimum atomic E-state index is -0.798. The molecule has 0 spiro atoms. The average Bonchev–Trinajstić information content (AvgIpc) is 2.34. The van der Waals surface area contributed by atoms with Crippen molar-refractivity contribution in [3.05, 3.63) is 29.8 Å². The van der Waals surface area contributed by atoms with Crippen LogP contribution >= 0.6 is 0 Å². The molecular formula is C13H18O4. The Kier molecular flexibility index (Phi) is 5.49. The average molecular weight is 238 g/mol. The third-order valence-corrected chi connectivity index (χ3v) is 2.68. The van der Waals surface area contributed by atoms with E-state index in [-0.39, 0.29) is 0 Å². The first-order valence-corrected chi connectivity index (χ1v) is 5.52. The van der Waals surface area contributed by atoms with E-state index in [2.05, 4.69) is 0 Å². The Bertz CT molecular complexity index is 362. The second-order valence-corrected chi connectivity index (χ2v) is 3.83. The van der Waals surface area contributed by atoms with Gasteiger partial charge in [0.05, 0.1) is 13.0 Å². The van der Waals surface area contributed by atoms with E-state index in [0.717, 1.165) is 11.3 Å². The standard InChI is InChI=1S/C13H18O4/c1-16-8-7-11(13(14)15)9-10-5-3-4-6-12(10)17-2/h3-6,11H,7-9H2,1-2H3,(H,14,15). The van der Waals surface area contributed by atoms with Gasteiger partial charge in [0.25, 0.3) is 0 Å². The van der Waals surface area contributed by atoms with Crippen LogP contribution in [0, 0.1) is 5.92 Å². The lowest BCUT2D eigenvalue weighted by atomic mass is 9.96. The van der Waals surface area contributed by atoms with Gasteiger partial charge in [-0.25, -0.2) is 0 Å². The van der Waals surface area contributed by atoms with Crippen molar-refractivity contribution in [2.45, 2.75) is 12.8 Å². The highest BCUT2D eigenvalue weighted by Crippen LogP contribution is 2.22. The van der Waals surface area contributed by atoms with Crippen LogP contribution in [0.25, 0.3) is 0 Å². The highest BCUT2D eigenvalue weighted by Gasteiger charge is 2.19. The number of hydrogen-bond donors (Lipinski definition) is 1. The molecule has 0 amide bonds. The van der Waals surface area contributed by atoms with Crippen LogP contribution in [0.3, 0.4) is 0 Å². The first kappa shape index (κ1) is 13.5. The predicted molar refractivity (Wildman–Crippen MR) is 64.3 cm³/mol. The van der Waals surface area contributed by atoms with E-state index in [0.29, 0.717) is 19.4 Å². The Labute approximate surface area is 101 Å². The fraction of sp³-hybridized carbons (Fsp3) is 0.462. The third kappa shape index (κ3) is 4.07. The maximum Gasteiger partial charge on any atom is 0.306 e. The molecule has 0 bridgehead atoms. The van der Waals surface area contributed by atoms with Crippen molar-refractivity contribution in [2.24, 2.45) is 5.92 Å². The van der Waals surface area contributed by atoms with Crippen LogP contribution in [-0.4, -0.2) is 31.9 Å². The van der Waals surface area contributed by atoms with E-state index in [1.54, 1.807) is 14.2 Å². The molecular weight excluding hydrogens is 220 g/mol. The number of methoxy groups -OCH3 is 2. The topological polar surface area (TPSA) is 55.8 Å². The van der Waals surface area contributed by atoms with Crippen LogP contribution in [0.1, 0.15) is 12.0 Å². The minimum Gasteiger partial charge on any atom is -0.496 e. The Morgan fingerprint density at radius 2 is 2.06 bits per heavy atom. The van der Waals surface area contributed by atoms with Gasteiger partial charge >= 0.3 is 5.97 Å². The monoisotopic (exact) mass is 238 g/mol. The van der Waals surface area contributed by atoms with Gasteiger partial charge in [-0.2, -0.15) is 0 Å². The van der Waals surface area contributed by atoms with Gasteiger partial charge < -0.3 is 14.6 Å². The number of carbonyl (C=O) groups is 1. The van der Waals surface area contributed by atoms with Crippen LogP contribution in [0.4, 0.5) is 0 Å². The lowest BCUT2D eigenvalue weighted by molar-refractivity contribution is -0.142. The fourth-order valence-corrected chi connectivity index (χ4v) is 1.71. The Balaban J connectivity index is 2.74. The summed E-state index contributed by atoms with van der Waals surface area (Å²) in [4.78, 5) is 11.1. The molecule has 1 unspecified atom stereocenters. The molecule has 0 aliphatic rings. The minimum absolute atomic E-state index is 0.439. The SMILES string of the molecule is COCCC(Cc1ccccc1OC)C(=O)O. The van der Waals surface area contributed by atoms with Gasteiger partial charge in [-0.05, 0) is 24.5 Å². The molecule has 0 radical (unpaired) electrons. The third-order valence-electron chi connectivity index (χ3n) is 2.68. The van der Waals surface area contributed by atoms with Gasteiger partial charge in [0.2, 0.25) is 0 Å². The summed E-state index contributed by atoms with van der Waals surface area (Å²) in [6, 6.07) is 7.48. The summed E-state index contributed by atoms with van der Waals surface area (Å²) >= 11 is 0. The number of para-hydroxylation sites is 1. The van der Waals surface area contributed by atoms with Crippen LogP contribution in [0.2, 0.25) is 0 Å². The molecule has 0 heterocycles. The molecule has 0 saturated heterocycles. The summed E-state index contributed by atoms with van der Waals surface area (Å²) < 4.78 is 10.1. The first-order chi connectivity index (χ1) is 8.19. The predicted octanol–water partition coefficient (Wildman–Crippen LogP) is 1.98. The summed E-state index contributed by atoms with van der Waals surface area (Å²) in [5.41, 5.74) is 0.915. The smallest absolute Gasteiger partial charge is 0.306 e. The van der Waals surface area contributed by atoms with Gasteiger partial charge in [0, 0.05) is 13.7 Å². The second-order valence-electron chi connectivity index (χ2n) is 3.83. The highest BCUT2D eigenvalue weighted by atomic mass is 16.5. The number of hydrogen-bond acceptors (Lipinski definition) is 3. The van der Waals surface area contributed by atoms with E-state index in [4.69, 9.17) is 14.6 Å². The molecule has 0 saturated carbocycles. The quantitative estimate of drug-likeness (QED) is 0.789. The number of rotatable bonds is 7. The van der Waals surface area contributed by atoms with Gasteiger partial charge in [0.1, 0.15) is 5.75 Å². The number of ether oxygens (including phenoxy) is 2. The molecule has 1 aromatic carbocycles. The van der Waals surface area contributed by atoms with Crippen LogP contribution in [0.5, 0.6) is 5.75 Å². The summed E-state index contributed by atoms with van der Waals surface area (Å²) in [7, 11) is 3.16. The number of carboxylic acid groups (broad SMARTS) is 1. The Morgan fingerprint density at radius 1 is 1.35 bits per heavy atom. The summed E-state index contributed by atoms with van der Waals surface area (Å²) in [5.74, 6) is -0.504. The number of carboxylic acids is 1. The molecule has 1 rings (SSSR count). The largest absolute Gasteiger partial charge is 0.496 e. The molecule has 1 atom stereocenters. The fourth-order valence-electron chi connectivity index (χ4n) is 1.71. The normalized spacial score (nSPS) is 12.1. The summed E-state index contributed by atoms with van der Waals surface area (Å²) in [6.45, 7) is 0.451. The molecule has 0 fully saturated rings. The molecule has 0 aromatic heterocycles. The van der Waals surface area contributed by atoms with Crippen LogP contribution in [-0.2, 0) is 16.0 Å². The van der Waals surface area contributed by atoms with Crippen molar-refractivity contribution in [2.75, 3.05) is 20.8 Å². The molecule has 0 aliphatic heterocycles. The van der Waals surface area contributed by atoms with Gasteiger partial charge in [-0.15, -0.1) is 0 Å². The molecule has 1 aromatic rings. The van der Waals surface area contributed by atoms with E-state index in [9.17, 15) is 4.79 Å². The van der Waals surface area contributed by atoms with Crippen molar-refractivity contribution in [3.63, 3.8) is 0 Å². The first-order valence-electron chi connectivity index (χ1n) is 5.52. The van der Waals surface area contributed by atoms with Crippen molar-refractivity contribution in [3.8, 4) is 5.75 Å².